The van der Waals surface area contributed by atoms with Gasteiger partial charge in [-0.25, -0.2) is 0 Å². The largest absolute Gasteiger partial charge is 0.493 e. The van der Waals surface area contributed by atoms with E-state index >= 15 is 0 Å². The summed E-state index contributed by atoms with van der Waals surface area (Å²) in [4.78, 5) is 33.0. The number of imide groups is 1. The van der Waals surface area contributed by atoms with Gasteiger partial charge in [0.2, 0.25) is 0 Å². The molecule has 7 heteroatoms. The van der Waals surface area contributed by atoms with E-state index in [4.69, 9.17) is 9.47 Å². The molecule has 2 heterocycles. The summed E-state index contributed by atoms with van der Waals surface area (Å²) in [6, 6.07) is 21.0. The van der Waals surface area contributed by atoms with Gasteiger partial charge in [0.25, 0.3) is 11.8 Å². The highest BCUT2D eigenvalue weighted by atomic mass is 16.5. The molecule has 2 aliphatic rings. The fourth-order valence-electron chi connectivity index (χ4n) is 5.33. The molecule has 2 amide bonds. The molecule has 2 aliphatic heterocycles. The first-order chi connectivity index (χ1) is 17.9. The van der Waals surface area contributed by atoms with Crippen molar-refractivity contribution in [1.29, 1.82) is 0 Å². The highest BCUT2D eigenvalue weighted by molar-refractivity contribution is 6.24. The van der Waals surface area contributed by atoms with E-state index in [-0.39, 0.29) is 11.8 Å². The smallest absolute Gasteiger partial charge is 0.264 e. The van der Waals surface area contributed by atoms with Gasteiger partial charge < -0.3 is 14.4 Å². The van der Waals surface area contributed by atoms with Gasteiger partial charge >= 0.3 is 0 Å². The fraction of sp³-hybridized carbons (Fsp3) is 0.300. The zero-order valence-electron chi connectivity index (χ0n) is 21.5. The molecule has 0 bridgehead atoms. The standard InChI is InChI=1S/C30H32N3O4/c1-20(22-9-6-5-7-10-22)31-15-17-32(18-16-31)25-12-8-11-24-28(25)30(35)33(29(24)34)21(2)23-13-14-26(36-3)27(19-23)37-4/h5-14,19-21H,2,15-18H2,1,3-4H3/t20-,21?/m1/s1. The van der Waals surface area contributed by atoms with Gasteiger partial charge in [-0.05, 0) is 49.2 Å². The summed E-state index contributed by atoms with van der Waals surface area (Å²) in [7, 11) is 3.11. The molecular weight excluding hydrogens is 466 g/mol. The van der Waals surface area contributed by atoms with Crippen LogP contribution in [0.5, 0.6) is 11.5 Å². The van der Waals surface area contributed by atoms with E-state index in [1.807, 2.05) is 18.2 Å². The number of carbonyl (C=O) groups is 2. The molecular formula is C30H32N3O4. The van der Waals surface area contributed by atoms with Crippen molar-refractivity contribution in [3.05, 3.63) is 95.9 Å². The number of amides is 2. The summed E-state index contributed by atoms with van der Waals surface area (Å²) in [6.45, 7) is 9.70. The van der Waals surface area contributed by atoms with E-state index < -0.39 is 6.04 Å². The van der Waals surface area contributed by atoms with Crippen molar-refractivity contribution >= 4 is 17.5 Å². The van der Waals surface area contributed by atoms with Crippen molar-refractivity contribution < 1.29 is 19.1 Å². The Bertz CT molecular complexity index is 1300. The molecule has 1 radical (unpaired) electrons. The van der Waals surface area contributed by atoms with Gasteiger partial charge in [-0.2, -0.15) is 0 Å². The van der Waals surface area contributed by atoms with E-state index in [0.717, 1.165) is 31.9 Å². The molecule has 0 saturated carbocycles. The van der Waals surface area contributed by atoms with Crippen LogP contribution in [0.2, 0.25) is 0 Å². The average molecular weight is 499 g/mol. The second-order valence-corrected chi connectivity index (χ2v) is 9.42. The molecule has 3 aromatic carbocycles. The molecule has 1 fully saturated rings. The van der Waals surface area contributed by atoms with E-state index in [1.165, 1.54) is 10.5 Å². The SMILES string of the molecule is [CH2]C(c1ccc(OC)c(OC)c1)N1C(=O)c2cccc(N3CCN([C@H](C)c4ccccc4)CC3)c2C1=O. The number of benzene rings is 3. The molecule has 3 aromatic rings. The van der Waals surface area contributed by atoms with Crippen molar-refractivity contribution in [2.45, 2.75) is 19.0 Å². The van der Waals surface area contributed by atoms with E-state index in [1.54, 1.807) is 38.5 Å². The summed E-state index contributed by atoms with van der Waals surface area (Å²) >= 11 is 0. The first-order valence-corrected chi connectivity index (χ1v) is 12.5. The number of hydrogen-bond donors (Lipinski definition) is 0. The zero-order chi connectivity index (χ0) is 26.1. The molecule has 7 nitrogen and oxygen atoms in total. The molecule has 0 aliphatic carbocycles. The molecule has 0 aromatic heterocycles. The minimum absolute atomic E-state index is 0.314. The summed E-state index contributed by atoms with van der Waals surface area (Å²) in [6.07, 6.45) is 0. The van der Waals surface area contributed by atoms with Crippen molar-refractivity contribution in [1.82, 2.24) is 9.80 Å². The Kier molecular flexibility index (Phi) is 6.89. The van der Waals surface area contributed by atoms with E-state index in [2.05, 4.69) is 47.9 Å². The number of ether oxygens (including phenoxy) is 2. The normalized spacial score (nSPS) is 17.5. The van der Waals surface area contributed by atoms with Gasteiger partial charge in [0.15, 0.2) is 11.5 Å². The minimum atomic E-state index is -0.705. The first-order valence-electron chi connectivity index (χ1n) is 12.5. The Morgan fingerprint density at radius 3 is 2.16 bits per heavy atom. The third kappa shape index (κ3) is 4.44. The maximum atomic E-state index is 13.7. The maximum Gasteiger partial charge on any atom is 0.264 e. The molecule has 0 spiro atoms. The lowest BCUT2D eigenvalue weighted by atomic mass is 10.0. The number of hydrogen-bond acceptors (Lipinski definition) is 6. The molecule has 1 saturated heterocycles. The fourth-order valence-corrected chi connectivity index (χ4v) is 5.33. The number of rotatable bonds is 7. The number of methoxy groups -OCH3 is 2. The highest BCUT2D eigenvalue weighted by Gasteiger charge is 2.42. The van der Waals surface area contributed by atoms with Crippen LogP contribution in [0.4, 0.5) is 5.69 Å². The Hall–Kier alpha value is -3.84. The summed E-state index contributed by atoms with van der Waals surface area (Å²) < 4.78 is 10.7. The second-order valence-electron chi connectivity index (χ2n) is 9.42. The number of nitrogens with zero attached hydrogens (tertiary/aromatic N) is 3. The van der Waals surface area contributed by atoms with Crippen LogP contribution in [0, 0.1) is 6.92 Å². The molecule has 2 atom stereocenters. The van der Waals surface area contributed by atoms with Crippen molar-refractivity contribution in [2.75, 3.05) is 45.3 Å². The van der Waals surface area contributed by atoms with Gasteiger partial charge in [0.05, 0.1) is 37.1 Å². The number of carbonyl (C=O) groups excluding carboxylic acids is 2. The van der Waals surface area contributed by atoms with Gasteiger partial charge in [-0.15, -0.1) is 0 Å². The Labute approximate surface area is 218 Å². The quantitative estimate of drug-likeness (QED) is 0.438. The van der Waals surface area contributed by atoms with Crippen molar-refractivity contribution in [3.63, 3.8) is 0 Å². The monoisotopic (exact) mass is 498 g/mol. The third-order valence-electron chi connectivity index (χ3n) is 7.51. The van der Waals surface area contributed by atoms with Crippen LogP contribution >= 0.6 is 0 Å². The number of piperazine rings is 1. The highest BCUT2D eigenvalue weighted by Crippen LogP contribution is 2.38. The van der Waals surface area contributed by atoms with Crippen LogP contribution in [0.1, 0.15) is 50.9 Å². The molecule has 191 valence electrons. The second kappa shape index (κ2) is 10.3. The summed E-state index contributed by atoms with van der Waals surface area (Å²) in [5, 5.41) is 0. The van der Waals surface area contributed by atoms with Gasteiger partial charge in [0, 0.05) is 32.2 Å². The molecule has 5 rings (SSSR count). The Morgan fingerprint density at radius 2 is 1.49 bits per heavy atom. The lowest BCUT2D eigenvalue weighted by Gasteiger charge is -2.39. The topological polar surface area (TPSA) is 62.3 Å². The lowest BCUT2D eigenvalue weighted by molar-refractivity contribution is 0.0612. The van der Waals surface area contributed by atoms with Gasteiger partial charge in [0.1, 0.15) is 0 Å². The van der Waals surface area contributed by atoms with Crippen LogP contribution in [-0.4, -0.2) is 62.0 Å². The predicted octanol–water partition coefficient (Wildman–Crippen LogP) is 4.76. The third-order valence-corrected chi connectivity index (χ3v) is 7.51. The molecule has 0 N–H and O–H groups in total. The van der Waals surface area contributed by atoms with Crippen LogP contribution < -0.4 is 14.4 Å². The first kappa shape index (κ1) is 24.8. The van der Waals surface area contributed by atoms with Crippen LogP contribution in [0.15, 0.2) is 66.7 Å². The van der Waals surface area contributed by atoms with E-state index in [9.17, 15) is 9.59 Å². The van der Waals surface area contributed by atoms with Gasteiger partial charge in [-0.1, -0.05) is 42.5 Å². The lowest BCUT2D eigenvalue weighted by Crippen LogP contribution is -2.47. The molecule has 1 unspecified atom stereocenters. The van der Waals surface area contributed by atoms with Crippen LogP contribution in [0.25, 0.3) is 0 Å². The number of anilines is 1. The van der Waals surface area contributed by atoms with Gasteiger partial charge in [-0.3, -0.25) is 19.4 Å². The Morgan fingerprint density at radius 1 is 0.784 bits per heavy atom. The molecule has 37 heavy (non-hydrogen) atoms. The van der Waals surface area contributed by atoms with Crippen LogP contribution in [-0.2, 0) is 0 Å². The van der Waals surface area contributed by atoms with Crippen LogP contribution in [0.3, 0.4) is 0 Å². The zero-order valence-corrected chi connectivity index (χ0v) is 21.5. The predicted molar refractivity (Wildman–Crippen MR) is 143 cm³/mol. The van der Waals surface area contributed by atoms with E-state index in [0.29, 0.717) is 34.2 Å². The van der Waals surface area contributed by atoms with Crippen molar-refractivity contribution in [3.8, 4) is 11.5 Å². The minimum Gasteiger partial charge on any atom is -0.493 e. The van der Waals surface area contributed by atoms with Crippen molar-refractivity contribution in [2.24, 2.45) is 0 Å². The number of fused-ring (bicyclic) bond motifs is 1. The Balaban J connectivity index is 1.36. The summed E-state index contributed by atoms with van der Waals surface area (Å²) in [5.41, 5.74) is 3.69. The average Bonchev–Trinajstić information content (AvgIpc) is 3.21. The summed E-state index contributed by atoms with van der Waals surface area (Å²) in [5.74, 6) is 0.454. The maximum absolute atomic E-state index is 13.7.